The molecular formula is C42H72O5. The van der Waals surface area contributed by atoms with Crippen molar-refractivity contribution in [3.05, 3.63) is 35.4 Å². The minimum atomic E-state index is -0.640. The Balaban J connectivity index is 2.21. The third-order valence-corrected chi connectivity index (χ3v) is 9.11. The summed E-state index contributed by atoms with van der Waals surface area (Å²) in [6.45, 7) is 5.13. The first-order valence-electron chi connectivity index (χ1n) is 19.9. The van der Waals surface area contributed by atoms with Gasteiger partial charge in [0.15, 0.2) is 0 Å². The normalized spacial score (nSPS) is 11.0. The Bertz CT molecular complexity index is 843. The van der Waals surface area contributed by atoms with E-state index in [1.807, 2.05) is 0 Å². The van der Waals surface area contributed by atoms with E-state index >= 15 is 0 Å². The summed E-state index contributed by atoms with van der Waals surface area (Å²) in [5.74, 6) is -1.15. The summed E-state index contributed by atoms with van der Waals surface area (Å²) >= 11 is 0. The molecular weight excluding hydrogens is 584 g/mol. The van der Waals surface area contributed by atoms with Gasteiger partial charge < -0.3 is 14.6 Å². The molecule has 0 radical (unpaired) electrons. The third kappa shape index (κ3) is 26.4. The number of hydrogen-bond donors (Lipinski definition) is 1. The molecule has 0 fully saturated rings. The van der Waals surface area contributed by atoms with Crippen molar-refractivity contribution in [3.63, 3.8) is 0 Å². The van der Waals surface area contributed by atoms with Gasteiger partial charge in [-0.3, -0.25) is 0 Å². The highest BCUT2D eigenvalue weighted by Gasteiger charge is 2.21. The molecule has 5 heteroatoms. The fourth-order valence-corrected chi connectivity index (χ4v) is 6.02. The van der Waals surface area contributed by atoms with Crippen molar-refractivity contribution in [2.24, 2.45) is 0 Å². The lowest BCUT2D eigenvalue weighted by atomic mass is 10.0. The van der Waals surface area contributed by atoms with E-state index < -0.39 is 11.9 Å². The van der Waals surface area contributed by atoms with Crippen LogP contribution in [0.1, 0.15) is 199 Å². The number of esters is 2. The van der Waals surface area contributed by atoms with Gasteiger partial charge in [0, 0.05) is 0 Å². The molecule has 0 saturated carbocycles. The zero-order chi connectivity index (χ0) is 34.0. The van der Waals surface area contributed by atoms with E-state index in [0.29, 0.717) is 18.8 Å². The average molecular weight is 657 g/mol. The molecule has 0 unspecified atom stereocenters. The van der Waals surface area contributed by atoms with E-state index in [2.05, 4.69) is 13.8 Å². The maximum atomic E-state index is 12.9. The van der Waals surface area contributed by atoms with Crippen molar-refractivity contribution in [3.8, 4) is 5.75 Å². The minimum absolute atomic E-state index is 0.0913. The van der Waals surface area contributed by atoms with Crippen LogP contribution < -0.4 is 0 Å². The first kappa shape index (κ1) is 42.7. The molecule has 1 aromatic rings. The van der Waals surface area contributed by atoms with Crippen LogP contribution >= 0.6 is 0 Å². The molecule has 0 heterocycles. The Hall–Kier alpha value is -2.30. The third-order valence-electron chi connectivity index (χ3n) is 9.11. The Morgan fingerprint density at radius 3 is 1.04 bits per heavy atom. The Kier molecular flexibility index (Phi) is 29.3. The van der Waals surface area contributed by atoms with Crippen LogP contribution in [0.15, 0.2) is 29.8 Å². The Labute approximate surface area is 289 Å². The molecule has 0 atom stereocenters. The smallest absolute Gasteiger partial charge is 0.345 e. The molecule has 5 nitrogen and oxygen atoms in total. The van der Waals surface area contributed by atoms with Gasteiger partial charge in [0.1, 0.15) is 11.3 Å². The molecule has 0 aliphatic rings. The van der Waals surface area contributed by atoms with Crippen molar-refractivity contribution < 1.29 is 24.2 Å². The fourth-order valence-electron chi connectivity index (χ4n) is 6.02. The standard InChI is InChI=1S/C42H72O5/c1-3-5-7-9-11-13-15-17-19-21-23-25-27-29-35-46-41(44)40(37-38-31-33-39(43)34-32-38)42(45)47-36-30-28-26-24-22-20-18-16-14-12-10-8-6-4-2/h31-34,37,43H,3-30,35-36H2,1-2H3. The van der Waals surface area contributed by atoms with E-state index in [-0.39, 0.29) is 11.3 Å². The summed E-state index contributed by atoms with van der Waals surface area (Å²) in [5, 5.41) is 9.61. The second-order valence-electron chi connectivity index (χ2n) is 13.6. The number of hydrogen-bond acceptors (Lipinski definition) is 5. The molecule has 1 rings (SSSR count). The zero-order valence-corrected chi connectivity index (χ0v) is 30.7. The summed E-state index contributed by atoms with van der Waals surface area (Å²) in [6.07, 6.45) is 37.0. The van der Waals surface area contributed by atoms with Crippen molar-refractivity contribution in [2.75, 3.05) is 13.2 Å². The summed E-state index contributed by atoms with van der Waals surface area (Å²) in [4.78, 5) is 25.8. The first-order chi connectivity index (χ1) is 23.1. The van der Waals surface area contributed by atoms with E-state index in [9.17, 15) is 14.7 Å². The lowest BCUT2D eigenvalue weighted by Gasteiger charge is -2.10. The van der Waals surface area contributed by atoms with E-state index in [4.69, 9.17) is 9.47 Å². The number of rotatable bonds is 33. The highest BCUT2D eigenvalue weighted by Crippen LogP contribution is 2.17. The number of carbonyl (C=O) groups is 2. The van der Waals surface area contributed by atoms with Gasteiger partial charge in [-0.15, -0.1) is 0 Å². The maximum absolute atomic E-state index is 12.9. The van der Waals surface area contributed by atoms with Gasteiger partial charge in [0.25, 0.3) is 0 Å². The molecule has 0 amide bonds. The first-order valence-corrected chi connectivity index (χ1v) is 19.9. The lowest BCUT2D eigenvalue weighted by Crippen LogP contribution is -2.19. The van der Waals surface area contributed by atoms with Crippen LogP contribution in [0.2, 0.25) is 0 Å². The Morgan fingerprint density at radius 2 is 0.745 bits per heavy atom. The predicted molar refractivity (Wildman–Crippen MR) is 199 cm³/mol. The van der Waals surface area contributed by atoms with Gasteiger partial charge in [0.05, 0.1) is 13.2 Å². The molecule has 0 aromatic heterocycles. The van der Waals surface area contributed by atoms with E-state index in [1.54, 1.807) is 12.1 Å². The van der Waals surface area contributed by atoms with Crippen LogP contribution in [-0.4, -0.2) is 30.3 Å². The monoisotopic (exact) mass is 657 g/mol. The van der Waals surface area contributed by atoms with Gasteiger partial charge >= 0.3 is 11.9 Å². The molecule has 0 spiro atoms. The van der Waals surface area contributed by atoms with Gasteiger partial charge in [-0.05, 0) is 36.6 Å². The predicted octanol–water partition coefficient (Wildman–Crippen LogP) is 12.8. The SMILES string of the molecule is CCCCCCCCCCCCCCCCOC(=O)C(=Cc1ccc(O)cc1)C(=O)OCCCCCCCCCCCCCCCC. The zero-order valence-electron chi connectivity index (χ0n) is 30.7. The maximum Gasteiger partial charge on any atom is 0.345 e. The lowest BCUT2D eigenvalue weighted by molar-refractivity contribution is -0.147. The average Bonchev–Trinajstić information content (AvgIpc) is 3.07. The van der Waals surface area contributed by atoms with Crippen LogP contribution in [0.3, 0.4) is 0 Å². The van der Waals surface area contributed by atoms with Crippen LogP contribution in [0.5, 0.6) is 5.75 Å². The number of benzene rings is 1. The largest absolute Gasteiger partial charge is 0.508 e. The second-order valence-corrected chi connectivity index (χ2v) is 13.6. The number of phenolic OH excluding ortho intramolecular Hbond substituents is 1. The van der Waals surface area contributed by atoms with Crippen molar-refractivity contribution in [1.29, 1.82) is 0 Å². The molecule has 0 aliphatic carbocycles. The second kappa shape index (κ2) is 32.3. The van der Waals surface area contributed by atoms with Gasteiger partial charge in [0.2, 0.25) is 0 Å². The van der Waals surface area contributed by atoms with Crippen molar-refractivity contribution in [2.45, 2.75) is 194 Å². The van der Waals surface area contributed by atoms with Crippen LogP contribution in [0, 0.1) is 0 Å². The minimum Gasteiger partial charge on any atom is -0.508 e. The van der Waals surface area contributed by atoms with Crippen LogP contribution in [0.25, 0.3) is 6.08 Å². The topological polar surface area (TPSA) is 72.8 Å². The van der Waals surface area contributed by atoms with Crippen molar-refractivity contribution in [1.82, 2.24) is 0 Å². The number of ether oxygens (including phenoxy) is 2. The fraction of sp³-hybridized carbons (Fsp3) is 0.762. The quantitative estimate of drug-likeness (QED) is 0.0268. The van der Waals surface area contributed by atoms with Gasteiger partial charge in [-0.2, -0.15) is 0 Å². The molecule has 0 aliphatic heterocycles. The molecule has 270 valence electrons. The molecule has 0 bridgehead atoms. The highest BCUT2D eigenvalue weighted by molar-refractivity contribution is 6.17. The number of phenols is 1. The summed E-state index contributed by atoms with van der Waals surface area (Å²) < 4.78 is 11.0. The van der Waals surface area contributed by atoms with E-state index in [0.717, 1.165) is 38.5 Å². The number of carbonyl (C=O) groups excluding carboxylic acids is 2. The van der Waals surface area contributed by atoms with Gasteiger partial charge in [-0.25, -0.2) is 9.59 Å². The van der Waals surface area contributed by atoms with Crippen LogP contribution in [0.4, 0.5) is 0 Å². The summed E-state index contributed by atoms with van der Waals surface area (Å²) in [7, 11) is 0. The van der Waals surface area contributed by atoms with Crippen LogP contribution in [-0.2, 0) is 19.1 Å². The molecule has 1 N–H and O–H groups in total. The molecule has 0 saturated heterocycles. The van der Waals surface area contributed by atoms with Gasteiger partial charge in [-0.1, -0.05) is 193 Å². The number of aromatic hydroxyl groups is 1. The summed E-state index contributed by atoms with van der Waals surface area (Å²) in [5.41, 5.74) is 0.547. The number of unbranched alkanes of at least 4 members (excludes halogenated alkanes) is 26. The molecule has 1 aromatic carbocycles. The Morgan fingerprint density at radius 1 is 0.468 bits per heavy atom. The molecule has 47 heavy (non-hydrogen) atoms. The van der Waals surface area contributed by atoms with E-state index in [1.165, 1.54) is 159 Å². The highest BCUT2D eigenvalue weighted by atomic mass is 16.6. The summed E-state index contributed by atoms with van der Waals surface area (Å²) in [6, 6.07) is 6.39. The van der Waals surface area contributed by atoms with Crippen molar-refractivity contribution >= 4 is 18.0 Å².